The third-order valence-electron chi connectivity index (χ3n) is 8.26. The van der Waals surface area contributed by atoms with Gasteiger partial charge in [-0.1, -0.05) is 12.6 Å². The second-order valence-corrected chi connectivity index (χ2v) is 10.5. The summed E-state index contributed by atoms with van der Waals surface area (Å²) in [6.07, 6.45) is 7.25. The van der Waals surface area contributed by atoms with Gasteiger partial charge in [-0.05, 0) is 29.8 Å². The van der Waals surface area contributed by atoms with E-state index in [9.17, 15) is 18.8 Å². The van der Waals surface area contributed by atoms with E-state index in [-0.39, 0.29) is 11.9 Å². The molecule has 4 aromatic rings. The van der Waals surface area contributed by atoms with Crippen molar-refractivity contribution in [1.29, 1.82) is 5.26 Å². The van der Waals surface area contributed by atoms with Crippen LogP contribution in [-0.2, 0) is 4.79 Å². The molecular formula is C29H26F2N8O2. The Hall–Kier alpha value is -4.76. The third-order valence-corrected chi connectivity index (χ3v) is 8.26. The Morgan fingerprint density at radius 2 is 1.93 bits per heavy atom. The highest BCUT2D eigenvalue weighted by molar-refractivity contribution is 5.89. The minimum Gasteiger partial charge on any atom is -0.489 e. The zero-order valence-electron chi connectivity index (χ0n) is 22.0. The largest absolute Gasteiger partial charge is 0.489 e. The van der Waals surface area contributed by atoms with Crippen molar-refractivity contribution in [3.05, 3.63) is 67.3 Å². The molecule has 3 aromatic heterocycles. The van der Waals surface area contributed by atoms with Crippen LogP contribution in [0, 0.1) is 11.3 Å². The number of rotatable bonds is 5. The second-order valence-electron chi connectivity index (χ2n) is 10.5. The van der Waals surface area contributed by atoms with Gasteiger partial charge in [0.15, 0.2) is 0 Å². The molecule has 208 valence electrons. The standard InChI is InChI=1S/C29H26F2N8O2/c1-2-27(40)36-14-22(15-36)35-5-6-37-23(16-35)17-41-26-8-18(3-4-25(26)37)24-7-19(21-11-34-39(13-21)29(30)31)12-38-28(24)20(9-32)10-33-38/h2-4,7-8,10-13,22-23,29H,1,5-6,14-17H2/t23-/m1/s1. The van der Waals surface area contributed by atoms with Crippen LogP contribution in [0.5, 0.6) is 5.75 Å². The van der Waals surface area contributed by atoms with Crippen LogP contribution in [-0.4, -0.2) is 86.5 Å². The molecule has 0 radical (unpaired) electrons. The molecule has 1 atom stereocenters. The number of benzene rings is 1. The van der Waals surface area contributed by atoms with Crippen molar-refractivity contribution < 1.29 is 18.3 Å². The number of likely N-dealkylation sites (tertiary alicyclic amines) is 1. The highest BCUT2D eigenvalue weighted by atomic mass is 19.3. The zero-order valence-corrected chi connectivity index (χ0v) is 22.0. The fourth-order valence-electron chi connectivity index (χ4n) is 6.06. The number of pyridine rings is 1. The maximum atomic E-state index is 13.2. The zero-order chi connectivity index (χ0) is 28.2. The summed E-state index contributed by atoms with van der Waals surface area (Å²) in [5, 5.41) is 17.9. The summed E-state index contributed by atoms with van der Waals surface area (Å²) in [5.74, 6) is 0.736. The molecule has 6 heterocycles. The van der Waals surface area contributed by atoms with E-state index < -0.39 is 6.55 Å². The maximum Gasteiger partial charge on any atom is 0.333 e. The average Bonchev–Trinajstić information content (AvgIpc) is 3.63. The molecule has 2 fully saturated rings. The lowest BCUT2D eigenvalue weighted by Gasteiger charge is -2.51. The monoisotopic (exact) mass is 556 g/mol. The smallest absolute Gasteiger partial charge is 0.333 e. The minimum absolute atomic E-state index is 0.0190. The summed E-state index contributed by atoms with van der Waals surface area (Å²) in [5.41, 5.74) is 4.78. The van der Waals surface area contributed by atoms with Gasteiger partial charge in [-0.2, -0.15) is 24.2 Å². The first-order valence-electron chi connectivity index (χ1n) is 13.4. The van der Waals surface area contributed by atoms with Crippen LogP contribution < -0.4 is 9.64 Å². The van der Waals surface area contributed by atoms with E-state index >= 15 is 0 Å². The van der Waals surface area contributed by atoms with Crippen LogP contribution in [0.15, 0.2) is 61.7 Å². The lowest BCUT2D eigenvalue weighted by molar-refractivity contribution is -0.133. The highest BCUT2D eigenvalue weighted by Gasteiger charge is 2.40. The van der Waals surface area contributed by atoms with Gasteiger partial charge in [0.25, 0.3) is 0 Å². The number of amides is 1. The Labute approximate surface area is 234 Å². The lowest BCUT2D eigenvalue weighted by atomic mass is 9.98. The fourth-order valence-corrected chi connectivity index (χ4v) is 6.06. The lowest BCUT2D eigenvalue weighted by Crippen LogP contribution is -2.67. The fraction of sp³-hybridized carbons (Fsp3) is 0.310. The molecule has 0 spiro atoms. The first kappa shape index (κ1) is 25.2. The molecule has 0 unspecified atom stereocenters. The molecule has 3 aliphatic heterocycles. The molecule has 10 nitrogen and oxygen atoms in total. The number of fused-ring (bicyclic) bond motifs is 4. The van der Waals surface area contributed by atoms with Crippen LogP contribution in [0.4, 0.5) is 14.5 Å². The van der Waals surface area contributed by atoms with Gasteiger partial charge in [-0.25, -0.2) is 9.20 Å². The Kier molecular flexibility index (Phi) is 5.97. The van der Waals surface area contributed by atoms with Crippen LogP contribution in [0.1, 0.15) is 12.1 Å². The van der Waals surface area contributed by atoms with Gasteiger partial charge in [-0.15, -0.1) is 0 Å². The summed E-state index contributed by atoms with van der Waals surface area (Å²) in [4.78, 5) is 18.5. The Morgan fingerprint density at radius 1 is 1.07 bits per heavy atom. The molecule has 0 aliphatic carbocycles. The van der Waals surface area contributed by atoms with Gasteiger partial charge in [0, 0.05) is 67.8 Å². The van der Waals surface area contributed by atoms with Crippen molar-refractivity contribution in [2.45, 2.75) is 18.6 Å². The molecule has 41 heavy (non-hydrogen) atoms. The number of hydrogen-bond donors (Lipinski definition) is 0. The number of ether oxygens (including phenoxy) is 1. The van der Waals surface area contributed by atoms with Crippen molar-refractivity contribution in [1.82, 2.24) is 29.2 Å². The number of piperazine rings is 1. The second kappa shape index (κ2) is 9.71. The number of nitriles is 1. The van der Waals surface area contributed by atoms with Crippen molar-refractivity contribution in [3.63, 3.8) is 0 Å². The number of nitrogens with zero attached hydrogens (tertiary/aromatic N) is 8. The van der Waals surface area contributed by atoms with E-state index in [1.165, 1.54) is 24.7 Å². The molecule has 0 saturated carbocycles. The van der Waals surface area contributed by atoms with Crippen LogP contribution in [0.25, 0.3) is 27.8 Å². The average molecular weight is 557 g/mol. The summed E-state index contributed by atoms with van der Waals surface area (Å²) < 4.78 is 34.8. The highest BCUT2D eigenvalue weighted by Crippen LogP contribution is 2.41. The Bertz CT molecular complexity index is 1720. The van der Waals surface area contributed by atoms with Gasteiger partial charge < -0.3 is 14.5 Å². The summed E-state index contributed by atoms with van der Waals surface area (Å²) in [7, 11) is 0. The number of alkyl halides is 2. The number of halogens is 2. The predicted octanol–water partition coefficient (Wildman–Crippen LogP) is 3.41. The predicted molar refractivity (Wildman–Crippen MR) is 147 cm³/mol. The van der Waals surface area contributed by atoms with Crippen LogP contribution >= 0.6 is 0 Å². The molecular weight excluding hydrogens is 530 g/mol. The van der Waals surface area contributed by atoms with Crippen molar-refractivity contribution in [2.24, 2.45) is 0 Å². The van der Waals surface area contributed by atoms with Crippen LogP contribution in [0.2, 0.25) is 0 Å². The van der Waals surface area contributed by atoms with Gasteiger partial charge in [0.2, 0.25) is 5.91 Å². The van der Waals surface area contributed by atoms with Crippen molar-refractivity contribution >= 4 is 17.1 Å². The van der Waals surface area contributed by atoms with E-state index in [4.69, 9.17) is 4.74 Å². The number of anilines is 1. The number of hydrogen-bond acceptors (Lipinski definition) is 7. The van der Waals surface area contributed by atoms with Gasteiger partial charge in [0.05, 0.1) is 35.2 Å². The van der Waals surface area contributed by atoms with E-state index in [0.29, 0.717) is 39.5 Å². The normalized spacial score (nSPS) is 18.9. The van der Waals surface area contributed by atoms with E-state index in [1.54, 1.807) is 10.7 Å². The Morgan fingerprint density at radius 3 is 2.68 bits per heavy atom. The molecule has 1 aromatic carbocycles. The molecule has 2 saturated heterocycles. The van der Waals surface area contributed by atoms with Crippen molar-refractivity contribution in [2.75, 3.05) is 44.2 Å². The van der Waals surface area contributed by atoms with Gasteiger partial charge >= 0.3 is 6.55 Å². The third kappa shape index (κ3) is 4.20. The number of carbonyl (C=O) groups is 1. The molecule has 1 amide bonds. The molecule has 0 N–H and O–H groups in total. The first-order valence-corrected chi connectivity index (χ1v) is 13.4. The summed E-state index contributed by atoms with van der Waals surface area (Å²) in [6.45, 7) is 5.43. The van der Waals surface area contributed by atoms with Gasteiger partial charge in [0.1, 0.15) is 18.4 Å². The SMILES string of the molecule is C=CC(=O)N1CC(N2CCN3c4ccc(-c5cc(-c6cnn(C(F)F)c6)cn6ncc(C#N)c56)cc4OC[C@H]3C2)C1. The van der Waals surface area contributed by atoms with E-state index in [1.807, 2.05) is 29.2 Å². The summed E-state index contributed by atoms with van der Waals surface area (Å²) >= 11 is 0. The minimum atomic E-state index is -2.74. The molecule has 0 bridgehead atoms. The van der Waals surface area contributed by atoms with E-state index in [0.717, 1.165) is 55.3 Å². The van der Waals surface area contributed by atoms with Gasteiger partial charge in [-0.3, -0.25) is 9.69 Å². The van der Waals surface area contributed by atoms with Crippen LogP contribution in [0.3, 0.4) is 0 Å². The molecule has 12 heteroatoms. The molecule has 3 aliphatic rings. The number of carbonyl (C=O) groups excluding carboxylic acids is 1. The maximum absolute atomic E-state index is 13.2. The van der Waals surface area contributed by atoms with E-state index in [2.05, 4.69) is 32.6 Å². The van der Waals surface area contributed by atoms with Crippen molar-refractivity contribution in [3.8, 4) is 34.1 Å². The first-order chi connectivity index (χ1) is 19.9. The quantitative estimate of drug-likeness (QED) is 0.348. The summed E-state index contributed by atoms with van der Waals surface area (Å²) in [6, 6.07) is 10.6. The molecule has 7 rings (SSSR count). The Balaban J connectivity index is 1.18. The number of aromatic nitrogens is 4. The topological polar surface area (TPSA) is 94.9 Å².